The first-order chi connectivity index (χ1) is 19.6. The van der Waals surface area contributed by atoms with Crippen molar-refractivity contribution in [2.75, 3.05) is 17.1 Å². The second-order valence-electron chi connectivity index (χ2n) is 10.8. The molecule has 4 rings (SSSR count). The zero-order valence-electron chi connectivity index (χ0n) is 23.6. The van der Waals surface area contributed by atoms with Crippen LogP contribution >= 0.6 is 15.9 Å². The molecular formula is C32H38BrN3O4S. The Morgan fingerprint density at radius 1 is 0.927 bits per heavy atom. The summed E-state index contributed by atoms with van der Waals surface area (Å²) in [6, 6.07) is 23.5. The third kappa shape index (κ3) is 8.91. The fourth-order valence-corrected chi connectivity index (χ4v) is 6.58. The van der Waals surface area contributed by atoms with Crippen LogP contribution in [0.3, 0.4) is 0 Å². The minimum absolute atomic E-state index is 0.0691. The molecule has 3 aromatic carbocycles. The molecule has 0 unspecified atom stereocenters. The number of nitrogens with zero attached hydrogens (tertiary/aromatic N) is 2. The van der Waals surface area contributed by atoms with E-state index in [-0.39, 0.29) is 18.5 Å². The Kier molecular flexibility index (Phi) is 10.6. The van der Waals surface area contributed by atoms with Gasteiger partial charge in [-0.05, 0) is 49.1 Å². The Morgan fingerprint density at radius 3 is 2.27 bits per heavy atom. The number of hydrogen-bond acceptors (Lipinski definition) is 4. The summed E-state index contributed by atoms with van der Waals surface area (Å²) < 4.78 is 27.6. The maximum Gasteiger partial charge on any atom is 0.244 e. The van der Waals surface area contributed by atoms with Crippen molar-refractivity contribution in [3.05, 3.63) is 100 Å². The summed E-state index contributed by atoms with van der Waals surface area (Å²) in [4.78, 5) is 29.7. The van der Waals surface area contributed by atoms with Crippen LogP contribution in [0, 0.1) is 6.92 Å². The predicted molar refractivity (Wildman–Crippen MR) is 167 cm³/mol. The highest BCUT2D eigenvalue weighted by Crippen LogP contribution is 2.24. The quantitative estimate of drug-likeness (QED) is 0.295. The molecule has 1 N–H and O–H groups in total. The molecule has 41 heavy (non-hydrogen) atoms. The van der Waals surface area contributed by atoms with E-state index in [9.17, 15) is 18.0 Å². The molecule has 1 aliphatic carbocycles. The lowest BCUT2D eigenvalue weighted by Crippen LogP contribution is -2.55. The lowest BCUT2D eigenvalue weighted by molar-refractivity contribution is -0.140. The summed E-state index contributed by atoms with van der Waals surface area (Å²) in [5.74, 6) is -0.660. The predicted octanol–water partition coefficient (Wildman–Crippen LogP) is 5.61. The van der Waals surface area contributed by atoms with E-state index in [1.54, 1.807) is 29.2 Å². The van der Waals surface area contributed by atoms with Gasteiger partial charge in [0.05, 0.1) is 11.9 Å². The smallest absolute Gasteiger partial charge is 0.244 e. The first kappa shape index (κ1) is 30.8. The summed E-state index contributed by atoms with van der Waals surface area (Å²) in [5.41, 5.74) is 3.20. The number of rotatable bonds is 11. The number of carbonyl (C=O) groups is 2. The minimum atomic E-state index is -3.81. The molecule has 3 aromatic rings. The number of sulfonamides is 1. The molecule has 0 bridgehead atoms. The molecule has 0 aromatic heterocycles. The van der Waals surface area contributed by atoms with E-state index in [4.69, 9.17) is 0 Å². The van der Waals surface area contributed by atoms with Crippen LogP contribution in [0.4, 0.5) is 5.69 Å². The number of benzene rings is 3. The molecule has 7 nitrogen and oxygen atoms in total. The summed E-state index contributed by atoms with van der Waals surface area (Å²) in [6.07, 6.45) is 6.53. The maximum absolute atomic E-state index is 14.2. The average Bonchev–Trinajstić information content (AvgIpc) is 2.94. The first-order valence-electron chi connectivity index (χ1n) is 14.0. The molecule has 0 heterocycles. The van der Waals surface area contributed by atoms with Crippen molar-refractivity contribution < 1.29 is 18.0 Å². The molecule has 1 atom stereocenters. The summed E-state index contributed by atoms with van der Waals surface area (Å²) >= 11 is 3.40. The van der Waals surface area contributed by atoms with Crippen molar-refractivity contribution in [1.29, 1.82) is 0 Å². The first-order valence-corrected chi connectivity index (χ1v) is 16.7. The Bertz CT molecular complexity index is 1440. The Hall–Kier alpha value is -3.17. The molecule has 218 valence electrons. The monoisotopic (exact) mass is 639 g/mol. The van der Waals surface area contributed by atoms with Crippen LogP contribution in [-0.4, -0.2) is 50.0 Å². The molecule has 1 aliphatic rings. The molecule has 1 saturated carbocycles. The van der Waals surface area contributed by atoms with E-state index in [2.05, 4.69) is 21.2 Å². The second kappa shape index (κ2) is 14.1. The number of amides is 2. The third-order valence-corrected chi connectivity index (χ3v) is 9.07. The molecule has 1 fully saturated rings. The highest BCUT2D eigenvalue weighted by Gasteiger charge is 2.34. The average molecular weight is 641 g/mol. The zero-order valence-corrected chi connectivity index (χ0v) is 26.0. The number of halogens is 1. The summed E-state index contributed by atoms with van der Waals surface area (Å²) in [7, 11) is -3.81. The highest BCUT2D eigenvalue weighted by atomic mass is 79.9. The van der Waals surface area contributed by atoms with Crippen LogP contribution in [0.15, 0.2) is 83.3 Å². The van der Waals surface area contributed by atoms with Crippen LogP contribution in [0.2, 0.25) is 0 Å². The van der Waals surface area contributed by atoms with E-state index in [0.29, 0.717) is 16.6 Å². The van der Waals surface area contributed by atoms with Crippen molar-refractivity contribution in [3.8, 4) is 0 Å². The van der Waals surface area contributed by atoms with Gasteiger partial charge in [-0.2, -0.15) is 0 Å². The van der Waals surface area contributed by atoms with Crippen LogP contribution < -0.4 is 9.62 Å². The van der Waals surface area contributed by atoms with Gasteiger partial charge >= 0.3 is 0 Å². The van der Waals surface area contributed by atoms with E-state index >= 15 is 0 Å². The van der Waals surface area contributed by atoms with Crippen LogP contribution in [-0.2, 0) is 32.6 Å². The second-order valence-corrected chi connectivity index (χ2v) is 13.6. The van der Waals surface area contributed by atoms with Crippen LogP contribution in [0.5, 0.6) is 0 Å². The molecule has 2 amide bonds. The summed E-state index contributed by atoms with van der Waals surface area (Å²) in [5, 5.41) is 3.22. The zero-order chi connectivity index (χ0) is 29.4. The Morgan fingerprint density at radius 2 is 1.61 bits per heavy atom. The summed E-state index contributed by atoms with van der Waals surface area (Å²) in [6.45, 7) is 1.72. The fraction of sp³-hybridized carbons (Fsp3) is 0.375. The molecule has 0 aliphatic heterocycles. The Balaban J connectivity index is 1.72. The van der Waals surface area contributed by atoms with Crippen LogP contribution in [0.1, 0.15) is 48.8 Å². The van der Waals surface area contributed by atoms with Gasteiger partial charge in [-0.1, -0.05) is 101 Å². The number of hydrogen-bond donors (Lipinski definition) is 1. The van der Waals surface area contributed by atoms with Gasteiger partial charge in [0.15, 0.2) is 0 Å². The lowest BCUT2D eigenvalue weighted by Gasteiger charge is -2.35. The van der Waals surface area contributed by atoms with Gasteiger partial charge in [-0.25, -0.2) is 8.42 Å². The van der Waals surface area contributed by atoms with E-state index < -0.39 is 28.5 Å². The maximum atomic E-state index is 14.2. The fourth-order valence-electron chi connectivity index (χ4n) is 5.35. The van der Waals surface area contributed by atoms with Gasteiger partial charge < -0.3 is 10.2 Å². The topological polar surface area (TPSA) is 86.8 Å². The molecular weight excluding hydrogens is 602 g/mol. The standard InChI is InChI=1S/C32H38BrN3O4S/c1-24-11-9-14-26(19-24)22-35(31(37)23-36(41(2,39)40)29-18-10-15-27(33)21-29)30(20-25-12-5-3-6-13-25)32(38)34-28-16-7-4-8-17-28/h3,5-6,9-15,18-19,21,28,30H,4,7-8,16-17,20,22-23H2,1-2H3,(H,34,38)/t30-/m1/s1. The SMILES string of the molecule is Cc1cccc(CN(C(=O)CN(c2cccc(Br)c2)S(C)(=O)=O)[C@H](Cc2ccccc2)C(=O)NC2CCCCC2)c1. The van der Waals surface area contributed by atoms with Gasteiger partial charge in [0.25, 0.3) is 0 Å². The van der Waals surface area contributed by atoms with Gasteiger partial charge in [0.1, 0.15) is 12.6 Å². The lowest BCUT2D eigenvalue weighted by atomic mass is 9.94. The van der Waals surface area contributed by atoms with Crippen LogP contribution in [0.25, 0.3) is 0 Å². The normalized spacial score (nSPS) is 14.7. The van der Waals surface area contributed by atoms with Gasteiger partial charge in [0, 0.05) is 23.5 Å². The van der Waals surface area contributed by atoms with Gasteiger partial charge in [-0.15, -0.1) is 0 Å². The number of carbonyl (C=O) groups excluding carboxylic acids is 2. The van der Waals surface area contributed by atoms with Crippen molar-refractivity contribution in [2.45, 2.75) is 64.1 Å². The molecule has 9 heteroatoms. The highest BCUT2D eigenvalue weighted by molar-refractivity contribution is 9.10. The molecule has 0 spiro atoms. The number of anilines is 1. The largest absolute Gasteiger partial charge is 0.352 e. The number of aryl methyl sites for hydroxylation is 1. The van der Waals surface area contributed by atoms with E-state index in [0.717, 1.165) is 59.4 Å². The third-order valence-electron chi connectivity index (χ3n) is 7.43. The molecule has 0 radical (unpaired) electrons. The van der Waals surface area contributed by atoms with Crippen molar-refractivity contribution >= 4 is 43.5 Å². The Labute approximate surface area is 252 Å². The number of nitrogens with one attached hydrogen (secondary N) is 1. The van der Waals surface area contributed by atoms with Crippen molar-refractivity contribution in [1.82, 2.24) is 10.2 Å². The minimum Gasteiger partial charge on any atom is -0.352 e. The van der Waals surface area contributed by atoms with Gasteiger partial charge in [0.2, 0.25) is 21.8 Å². The van der Waals surface area contributed by atoms with E-state index in [1.165, 1.54) is 0 Å². The van der Waals surface area contributed by atoms with E-state index in [1.807, 2.05) is 61.5 Å². The van der Waals surface area contributed by atoms with Gasteiger partial charge in [-0.3, -0.25) is 13.9 Å². The van der Waals surface area contributed by atoms with Crippen molar-refractivity contribution in [2.24, 2.45) is 0 Å². The van der Waals surface area contributed by atoms with Crippen molar-refractivity contribution in [3.63, 3.8) is 0 Å². The molecule has 0 saturated heterocycles.